The number of hydrogen-bond acceptors (Lipinski definition) is 3. The van der Waals surface area contributed by atoms with E-state index in [0.717, 1.165) is 19.3 Å². The average molecular weight is 216 g/mol. The normalized spacial score (nSPS) is 13.7. The van der Waals surface area contributed by atoms with Gasteiger partial charge in [0, 0.05) is 6.42 Å². The second kappa shape index (κ2) is 6.83. The number of hydrogen-bond donors (Lipinski definition) is 1. The lowest BCUT2D eigenvalue weighted by Gasteiger charge is -2.18. The molecule has 0 radical (unpaired) electrons. The number of aliphatic hydroxyl groups is 1. The first-order valence-electron chi connectivity index (χ1n) is 5.60. The number of carbonyl (C=O) groups is 1. The fraction of sp³-hybridized carbons (Fsp3) is 0.917. The van der Waals surface area contributed by atoms with Gasteiger partial charge in [0.1, 0.15) is 0 Å². The predicted molar refractivity (Wildman–Crippen MR) is 60.6 cm³/mol. The van der Waals surface area contributed by atoms with E-state index in [1.807, 2.05) is 0 Å². The second-order valence-electron chi connectivity index (χ2n) is 5.22. The molecule has 0 aliphatic heterocycles. The average Bonchev–Trinajstić information content (AvgIpc) is 2.12. The van der Waals surface area contributed by atoms with Gasteiger partial charge in [-0.15, -0.1) is 0 Å². The van der Waals surface area contributed by atoms with E-state index in [2.05, 4.69) is 25.5 Å². The quantitative estimate of drug-likeness (QED) is 0.694. The summed E-state index contributed by atoms with van der Waals surface area (Å²) in [5.74, 6) is -0.245. The number of aliphatic hydroxyl groups excluding tert-OH is 1. The van der Waals surface area contributed by atoms with E-state index in [0.29, 0.717) is 18.3 Å². The van der Waals surface area contributed by atoms with E-state index in [9.17, 15) is 9.90 Å². The van der Waals surface area contributed by atoms with Crippen LogP contribution in [0.25, 0.3) is 0 Å². The molecule has 0 heterocycles. The Morgan fingerprint density at radius 3 is 2.40 bits per heavy atom. The first-order chi connectivity index (χ1) is 6.85. The molecule has 15 heavy (non-hydrogen) atoms. The van der Waals surface area contributed by atoms with Crippen molar-refractivity contribution in [1.29, 1.82) is 0 Å². The standard InChI is InChI=1S/C12H24O3/c1-12(2,3)9-5-6-10(13)7-8-11(14)15-4/h10,13H,5-9H2,1-4H3/t10-/m1/s1. The third kappa shape index (κ3) is 9.73. The maximum Gasteiger partial charge on any atom is 0.305 e. The van der Waals surface area contributed by atoms with Gasteiger partial charge in [0.05, 0.1) is 13.2 Å². The Morgan fingerprint density at radius 2 is 1.93 bits per heavy atom. The Kier molecular flexibility index (Phi) is 6.57. The molecule has 3 heteroatoms. The van der Waals surface area contributed by atoms with Crippen LogP contribution < -0.4 is 0 Å². The molecule has 0 fully saturated rings. The summed E-state index contributed by atoms with van der Waals surface area (Å²) in [4.78, 5) is 10.8. The first-order valence-corrected chi connectivity index (χ1v) is 5.60. The number of esters is 1. The molecule has 0 rings (SSSR count). The maximum absolute atomic E-state index is 10.8. The Balaban J connectivity index is 3.49. The summed E-state index contributed by atoms with van der Waals surface area (Å²) < 4.78 is 4.51. The first kappa shape index (κ1) is 14.4. The lowest BCUT2D eigenvalue weighted by Crippen LogP contribution is -2.12. The van der Waals surface area contributed by atoms with Gasteiger partial charge < -0.3 is 9.84 Å². The van der Waals surface area contributed by atoms with Crippen LogP contribution in [0.15, 0.2) is 0 Å². The molecular formula is C12H24O3. The van der Waals surface area contributed by atoms with E-state index in [1.54, 1.807) is 0 Å². The third-order valence-electron chi connectivity index (χ3n) is 2.37. The topological polar surface area (TPSA) is 46.5 Å². The van der Waals surface area contributed by atoms with Crippen molar-refractivity contribution >= 4 is 5.97 Å². The summed E-state index contributed by atoms with van der Waals surface area (Å²) in [6.07, 6.45) is 3.33. The van der Waals surface area contributed by atoms with Crippen LogP contribution in [0.4, 0.5) is 0 Å². The molecule has 0 bridgehead atoms. The van der Waals surface area contributed by atoms with Crippen molar-refractivity contribution in [2.45, 2.75) is 59.0 Å². The molecular weight excluding hydrogens is 192 g/mol. The van der Waals surface area contributed by atoms with Crippen LogP contribution in [0.2, 0.25) is 0 Å². The summed E-state index contributed by atoms with van der Waals surface area (Å²) in [5.41, 5.74) is 0.321. The monoisotopic (exact) mass is 216 g/mol. The van der Waals surface area contributed by atoms with Crippen molar-refractivity contribution in [2.75, 3.05) is 7.11 Å². The summed E-state index contributed by atoms with van der Waals surface area (Å²) in [7, 11) is 1.37. The third-order valence-corrected chi connectivity index (χ3v) is 2.37. The van der Waals surface area contributed by atoms with Crippen molar-refractivity contribution in [2.24, 2.45) is 5.41 Å². The Hall–Kier alpha value is -0.570. The molecule has 0 saturated heterocycles. The molecule has 0 unspecified atom stereocenters. The Bertz CT molecular complexity index is 182. The highest BCUT2D eigenvalue weighted by molar-refractivity contribution is 5.69. The fourth-order valence-corrected chi connectivity index (χ4v) is 1.40. The number of methoxy groups -OCH3 is 1. The van der Waals surface area contributed by atoms with Gasteiger partial charge in [0.15, 0.2) is 0 Å². The van der Waals surface area contributed by atoms with Gasteiger partial charge in [0.2, 0.25) is 0 Å². The van der Waals surface area contributed by atoms with Crippen LogP contribution in [0.3, 0.4) is 0 Å². The second-order valence-corrected chi connectivity index (χ2v) is 5.22. The molecule has 0 saturated carbocycles. The summed E-state index contributed by atoms with van der Waals surface area (Å²) >= 11 is 0. The van der Waals surface area contributed by atoms with E-state index in [1.165, 1.54) is 7.11 Å². The highest BCUT2D eigenvalue weighted by Gasteiger charge is 2.12. The van der Waals surface area contributed by atoms with E-state index >= 15 is 0 Å². The highest BCUT2D eigenvalue weighted by atomic mass is 16.5. The van der Waals surface area contributed by atoms with Crippen LogP contribution in [0.1, 0.15) is 52.9 Å². The van der Waals surface area contributed by atoms with Crippen LogP contribution in [0, 0.1) is 5.41 Å². The molecule has 0 aliphatic carbocycles. The molecule has 0 amide bonds. The van der Waals surface area contributed by atoms with Crippen molar-refractivity contribution in [3.05, 3.63) is 0 Å². The predicted octanol–water partition coefficient (Wildman–Crippen LogP) is 2.52. The van der Waals surface area contributed by atoms with E-state index in [4.69, 9.17) is 0 Å². The smallest absolute Gasteiger partial charge is 0.305 e. The van der Waals surface area contributed by atoms with Gasteiger partial charge >= 0.3 is 5.97 Å². The molecule has 0 aromatic rings. The van der Waals surface area contributed by atoms with Gasteiger partial charge in [-0.05, 0) is 24.7 Å². The summed E-state index contributed by atoms with van der Waals surface area (Å²) in [6.45, 7) is 6.56. The zero-order chi connectivity index (χ0) is 11.9. The van der Waals surface area contributed by atoms with E-state index < -0.39 is 0 Å². The molecule has 1 atom stereocenters. The Morgan fingerprint density at radius 1 is 1.33 bits per heavy atom. The molecule has 0 aromatic carbocycles. The van der Waals surface area contributed by atoms with Crippen LogP contribution in [-0.4, -0.2) is 24.3 Å². The van der Waals surface area contributed by atoms with E-state index in [-0.39, 0.29) is 12.1 Å². The van der Waals surface area contributed by atoms with Gasteiger partial charge in [-0.1, -0.05) is 27.2 Å². The highest BCUT2D eigenvalue weighted by Crippen LogP contribution is 2.22. The maximum atomic E-state index is 10.8. The van der Waals surface area contributed by atoms with Crippen molar-refractivity contribution in [3.8, 4) is 0 Å². The van der Waals surface area contributed by atoms with Gasteiger partial charge in [-0.2, -0.15) is 0 Å². The number of rotatable bonds is 6. The van der Waals surface area contributed by atoms with Crippen LogP contribution >= 0.6 is 0 Å². The largest absolute Gasteiger partial charge is 0.469 e. The molecule has 3 nitrogen and oxygen atoms in total. The molecule has 90 valence electrons. The van der Waals surface area contributed by atoms with Crippen LogP contribution in [-0.2, 0) is 9.53 Å². The lowest BCUT2D eigenvalue weighted by atomic mass is 9.89. The minimum Gasteiger partial charge on any atom is -0.469 e. The van der Waals surface area contributed by atoms with Gasteiger partial charge in [0.25, 0.3) is 0 Å². The zero-order valence-corrected chi connectivity index (χ0v) is 10.4. The summed E-state index contributed by atoms with van der Waals surface area (Å²) in [6, 6.07) is 0. The lowest BCUT2D eigenvalue weighted by molar-refractivity contribution is -0.141. The molecule has 0 aromatic heterocycles. The minimum atomic E-state index is -0.369. The number of carbonyl (C=O) groups excluding carboxylic acids is 1. The van der Waals surface area contributed by atoms with Crippen molar-refractivity contribution in [1.82, 2.24) is 0 Å². The molecule has 1 N–H and O–H groups in total. The fourth-order valence-electron chi connectivity index (χ4n) is 1.40. The van der Waals surface area contributed by atoms with Crippen molar-refractivity contribution in [3.63, 3.8) is 0 Å². The van der Waals surface area contributed by atoms with Gasteiger partial charge in [-0.3, -0.25) is 4.79 Å². The number of ether oxygens (including phenoxy) is 1. The zero-order valence-electron chi connectivity index (χ0n) is 10.4. The Labute approximate surface area is 92.8 Å². The summed E-state index contributed by atoms with van der Waals surface area (Å²) in [5, 5.41) is 9.58. The SMILES string of the molecule is COC(=O)CC[C@H](O)CCCC(C)(C)C. The van der Waals surface area contributed by atoms with Crippen LogP contribution in [0.5, 0.6) is 0 Å². The van der Waals surface area contributed by atoms with Crippen molar-refractivity contribution < 1.29 is 14.6 Å². The molecule has 0 spiro atoms. The minimum absolute atomic E-state index is 0.245. The van der Waals surface area contributed by atoms with Gasteiger partial charge in [-0.25, -0.2) is 0 Å². The molecule has 0 aliphatic rings.